The molecule has 4 N–H and O–H groups in total. The van der Waals surface area contributed by atoms with Gasteiger partial charge in [0.15, 0.2) is 11.6 Å². The predicted molar refractivity (Wildman–Crippen MR) is 106 cm³/mol. The van der Waals surface area contributed by atoms with Gasteiger partial charge < -0.3 is 16.2 Å². The van der Waals surface area contributed by atoms with E-state index in [1.165, 1.54) is 13.9 Å². The lowest BCUT2D eigenvalue weighted by Gasteiger charge is -2.23. The highest BCUT2D eigenvalue weighted by Gasteiger charge is 2.34. The molecule has 4 rings (SSSR count). The van der Waals surface area contributed by atoms with Crippen molar-refractivity contribution in [2.24, 2.45) is 0 Å². The van der Waals surface area contributed by atoms with E-state index < -0.39 is 0 Å². The zero-order valence-corrected chi connectivity index (χ0v) is 15.3. The standard InChI is InChI=1S/C19H16BN6O2/c1-9-7-13(25-20-26-19-23-8-22-10(2)24-19)14-15(16(9)21)18(28)12-6-4-3-5-11(12)17(14)27/h3-8,25H,21H2,1-2H3,(H,22,23,24,26). The number of hydrogen-bond acceptors (Lipinski definition) is 8. The summed E-state index contributed by atoms with van der Waals surface area (Å²) in [6.45, 7) is 3.55. The molecule has 0 bridgehead atoms. The summed E-state index contributed by atoms with van der Waals surface area (Å²) in [6.07, 6.45) is 1.40. The Morgan fingerprint density at radius 3 is 2.32 bits per heavy atom. The lowest BCUT2D eigenvalue weighted by molar-refractivity contribution is 0.0980. The molecule has 2 aromatic carbocycles. The number of ketones is 2. The normalized spacial score (nSPS) is 12.2. The first kappa shape index (κ1) is 17.7. The van der Waals surface area contributed by atoms with E-state index in [-0.39, 0.29) is 22.7 Å². The summed E-state index contributed by atoms with van der Waals surface area (Å²) in [6, 6.07) is 8.49. The fourth-order valence-electron chi connectivity index (χ4n) is 3.19. The van der Waals surface area contributed by atoms with Crippen LogP contribution < -0.4 is 16.2 Å². The van der Waals surface area contributed by atoms with Gasteiger partial charge >= 0.3 is 7.55 Å². The second-order valence-corrected chi connectivity index (χ2v) is 6.40. The maximum Gasteiger partial charge on any atom is 0.388 e. The van der Waals surface area contributed by atoms with E-state index >= 15 is 0 Å². The molecule has 28 heavy (non-hydrogen) atoms. The van der Waals surface area contributed by atoms with Crippen LogP contribution in [0.25, 0.3) is 0 Å². The molecule has 137 valence electrons. The van der Waals surface area contributed by atoms with Crippen LogP contribution >= 0.6 is 0 Å². The number of carbonyl (C=O) groups is 2. The molecule has 0 saturated heterocycles. The number of fused-ring (bicyclic) bond motifs is 2. The third-order valence-corrected chi connectivity index (χ3v) is 4.57. The molecule has 3 aromatic rings. The van der Waals surface area contributed by atoms with E-state index in [9.17, 15) is 9.59 Å². The molecule has 0 saturated carbocycles. The van der Waals surface area contributed by atoms with Crippen molar-refractivity contribution in [2.45, 2.75) is 13.8 Å². The van der Waals surface area contributed by atoms with Crippen molar-refractivity contribution in [3.05, 3.63) is 70.3 Å². The van der Waals surface area contributed by atoms with Gasteiger partial charge in [-0.05, 0) is 25.5 Å². The third kappa shape index (κ3) is 2.86. The lowest BCUT2D eigenvalue weighted by Crippen LogP contribution is -2.26. The van der Waals surface area contributed by atoms with Crippen LogP contribution in [0.1, 0.15) is 43.2 Å². The fourth-order valence-corrected chi connectivity index (χ4v) is 3.19. The van der Waals surface area contributed by atoms with Gasteiger partial charge in [-0.15, -0.1) is 0 Å². The van der Waals surface area contributed by atoms with Gasteiger partial charge in [0.2, 0.25) is 5.95 Å². The number of carbonyl (C=O) groups excluding carboxylic acids is 2. The second kappa shape index (κ2) is 6.77. The summed E-state index contributed by atoms with van der Waals surface area (Å²) in [4.78, 5) is 38.2. The van der Waals surface area contributed by atoms with E-state index in [1.807, 2.05) is 0 Å². The van der Waals surface area contributed by atoms with Crippen LogP contribution in [0.15, 0.2) is 36.7 Å². The number of rotatable bonds is 4. The molecule has 9 heteroatoms. The van der Waals surface area contributed by atoms with E-state index in [4.69, 9.17) is 5.73 Å². The van der Waals surface area contributed by atoms with Crippen LogP contribution in [-0.2, 0) is 0 Å². The topological polar surface area (TPSA) is 123 Å². The van der Waals surface area contributed by atoms with Crippen molar-refractivity contribution < 1.29 is 9.59 Å². The van der Waals surface area contributed by atoms with Crippen molar-refractivity contribution in [3.63, 3.8) is 0 Å². The summed E-state index contributed by atoms with van der Waals surface area (Å²) < 4.78 is 0. The minimum atomic E-state index is -0.254. The molecule has 1 radical (unpaired) electrons. The fraction of sp³-hybridized carbons (Fsp3) is 0.105. The van der Waals surface area contributed by atoms with Crippen molar-refractivity contribution in [1.29, 1.82) is 0 Å². The first-order valence-electron chi connectivity index (χ1n) is 8.59. The smallest absolute Gasteiger partial charge is 0.388 e. The Kier molecular flexibility index (Phi) is 4.27. The highest BCUT2D eigenvalue weighted by Crippen LogP contribution is 2.37. The first-order chi connectivity index (χ1) is 13.5. The van der Waals surface area contributed by atoms with Crippen LogP contribution in [0.4, 0.5) is 17.3 Å². The highest BCUT2D eigenvalue weighted by molar-refractivity contribution is 6.45. The van der Waals surface area contributed by atoms with E-state index in [0.29, 0.717) is 39.8 Å². The molecule has 0 atom stereocenters. The number of aromatic nitrogens is 3. The zero-order chi connectivity index (χ0) is 19.8. The number of anilines is 3. The predicted octanol–water partition coefficient (Wildman–Crippen LogP) is 1.90. The van der Waals surface area contributed by atoms with Gasteiger partial charge in [0.1, 0.15) is 12.2 Å². The second-order valence-electron chi connectivity index (χ2n) is 6.40. The maximum absolute atomic E-state index is 13.1. The number of nitrogens with two attached hydrogens (primary N) is 1. The Bertz CT molecular complexity index is 1130. The number of aryl methyl sites for hydroxylation is 2. The van der Waals surface area contributed by atoms with Crippen LogP contribution in [0.2, 0.25) is 0 Å². The number of nitrogens with one attached hydrogen (secondary N) is 2. The molecular weight excluding hydrogens is 355 g/mol. The molecule has 0 fully saturated rings. The van der Waals surface area contributed by atoms with E-state index in [2.05, 4.69) is 25.4 Å². The summed E-state index contributed by atoms with van der Waals surface area (Å²) in [5, 5.41) is 5.92. The van der Waals surface area contributed by atoms with Gasteiger partial charge in [-0.1, -0.05) is 24.3 Å². The molecule has 1 aliphatic carbocycles. The minimum Gasteiger partial charge on any atom is -0.412 e. The van der Waals surface area contributed by atoms with E-state index in [1.54, 1.807) is 44.2 Å². The van der Waals surface area contributed by atoms with Crippen LogP contribution in [0.3, 0.4) is 0 Å². The summed E-state index contributed by atoms with van der Waals surface area (Å²) in [5.74, 6) is 0.428. The Labute approximate surface area is 161 Å². The summed E-state index contributed by atoms with van der Waals surface area (Å²) in [5.41, 5.74) is 8.89. The van der Waals surface area contributed by atoms with Gasteiger partial charge in [0.05, 0.1) is 11.1 Å². The number of nitrogens with zero attached hydrogens (tertiary/aromatic N) is 3. The zero-order valence-electron chi connectivity index (χ0n) is 15.3. The third-order valence-electron chi connectivity index (χ3n) is 4.57. The summed E-state index contributed by atoms with van der Waals surface area (Å²) >= 11 is 0. The lowest BCUT2D eigenvalue weighted by atomic mass is 9.81. The highest BCUT2D eigenvalue weighted by atomic mass is 16.1. The van der Waals surface area contributed by atoms with E-state index in [0.717, 1.165) is 0 Å². The van der Waals surface area contributed by atoms with Crippen LogP contribution in [-0.4, -0.2) is 34.1 Å². The van der Waals surface area contributed by atoms with Gasteiger partial charge in [-0.2, -0.15) is 4.98 Å². The van der Waals surface area contributed by atoms with Crippen LogP contribution in [0.5, 0.6) is 0 Å². The molecule has 0 amide bonds. The van der Waals surface area contributed by atoms with Crippen LogP contribution in [0, 0.1) is 13.8 Å². The number of benzene rings is 2. The van der Waals surface area contributed by atoms with Gasteiger partial charge in [0, 0.05) is 22.5 Å². The quantitative estimate of drug-likeness (QED) is 0.367. The van der Waals surface area contributed by atoms with Crippen molar-refractivity contribution >= 4 is 36.4 Å². The molecule has 0 unspecified atom stereocenters. The molecule has 1 aliphatic rings. The van der Waals surface area contributed by atoms with Gasteiger partial charge in [-0.3, -0.25) is 9.59 Å². The van der Waals surface area contributed by atoms with Crippen molar-refractivity contribution in [3.8, 4) is 0 Å². The number of nitrogen functional groups attached to an aromatic ring is 1. The molecule has 1 aromatic heterocycles. The van der Waals surface area contributed by atoms with Crippen molar-refractivity contribution in [1.82, 2.24) is 15.0 Å². The number of hydrogen-bond donors (Lipinski definition) is 3. The molecule has 1 heterocycles. The van der Waals surface area contributed by atoms with Crippen molar-refractivity contribution in [2.75, 3.05) is 16.2 Å². The van der Waals surface area contributed by atoms with Gasteiger partial charge in [-0.25, -0.2) is 9.97 Å². The first-order valence-corrected chi connectivity index (χ1v) is 8.59. The molecule has 0 aliphatic heterocycles. The maximum atomic E-state index is 13.1. The molecular formula is C19H16BN6O2. The average molecular weight is 371 g/mol. The Balaban J connectivity index is 1.71. The SMILES string of the molecule is Cc1ncnc(N[B]Nc2cc(C)c(N)c3c2C(=O)c2ccccc2C3=O)n1. The average Bonchev–Trinajstić information content (AvgIpc) is 2.68. The minimum absolute atomic E-state index is 0.232. The Hall–Kier alpha value is -3.75. The monoisotopic (exact) mass is 371 g/mol. The van der Waals surface area contributed by atoms with Gasteiger partial charge in [0.25, 0.3) is 0 Å². The molecule has 0 spiro atoms. The Morgan fingerprint density at radius 2 is 1.64 bits per heavy atom. The Morgan fingerprint density at radius 1 is 0.964 bits per heavy atom. The summed E-state index contributed by atoms with van der Waals surface area (Å²) in [7, 11) is 1.50. The molecule has 8 nitrogen and oxygen atoms in total. The largest absolute Gasteiger partial charge is 0.412 e.